The maximum Gasteiger partial charge on any atom is 0.170 e. The van der Waals surface area contributed by atoms with Crippen molar-refractivity contribution in [3.63, 3.8) is 0 Å². The normalized spacial score (nSPS) is 10.3. The number of hydrogen-bond acceptors (Lipinski definition) is 2. The minimum absolute atomic E-state index is 0.578. The van der Waals surface area contributed by atoms with Crippen LogP contribution >= 0.6 is 23.8 Å². The fourth-order valence-electron chi connectivity index (χ4n) is 1.76. The number of aromatic nitrogens is 2. The lowest BCUT2D eigenvalue weighted by Crippen LogP contribution is -2.29. The number of anilines is 1. The van der Waals surface area contributed by atoms with E-state index in [1.54, 1.807) is 0 Å². The number of rotatable bonds is 5. The van der Waals surface area contributed by atoms with Gasteiger partial charge in [0.1, 0.15) is 0 Å². The predicted molar refractivity (Wildman–Crippen MR) is 87.3 cm³/mol. The number of halogens is 1. The molecule has 2 aromatic rings. The molecule has 1 heterocycles. The van der Waals surface area contributed by atoms with Gasteiger partial charge < -0.3 is 10.6 Å². The second-order valence-corrected chi connectivity index (χ2v) is 5.31. The molecule has 0 aliphatic carbocycles. The molecule has 6 heteroatoms. The minimum Gasteiger partial charge on any atom is -0.362 e. The highest BCUT2D eigenvalue weighted by Gasteiger charge is 2.01. The monoisotopic (exact) mass is 308 g/mol. The molecular weight excluding hydrogens is 292 g/mol. The molecule has 4 nitrogen and oxygen atoms in total. The van der Waals surface area contributed by atoms with Gasteiger partial charge in [0, 0.05) is 19.3 Å². The standard InChI is InChI=1S/C14H17ClN4S/c1-11-9-17-19(10-11)8-4-7-16-14(20)18-13-6-3-2-5-12(13)15/h2-3,5-6,9-10H,4,7-8H2,1H3,(H2,16,18,20). The van der Waals surface area contributed by atoms with Gasteiger partial charge >= 0.3 is 0 Å². The molecule has 0 aliphatic heterocycles. The highest BCUT2D eigenvalue weighted by molar-refractivity contribution is 7.80. The van der Waals surface area contributed by atoms with Crippen LogP contribution in [0.2, 0.25) is 5.02 Å². The maximum atomic E-state index is 6.05. The summed E-state index contributed by atoms with van der Waals surface area (Å²) in [7, 11) is 0. The fourth-order valence-corrected chi connectivity index (χ4v) is 2.16. The number of benzene rings is 1. The van der Waals surface area contributed by atoms with E-state index in [1.807, 2.05) is 48.3 Å². The van der Waals surface area contributed by atoms with E-state index in [2.05, 4.69) is 15.7 Å². The molecular formula is C14H17ClN4S. The Kier molecular flexibility index (Phi) is 5.38. The van der Waals surface area contributed by atoms with Crippen molar-refractivity contribution in [3.05, 3.63) is 47.2 Å². The summed E-state index contributed by atoms with van der Waals surface area (Å²) in [6, 6.07) is 7.52. The van der Waals surface area contributed by atoms with Gasteiger partial charge in [0.05, 0.1) is 16.9 Å². The fraction of sp³-hybridized carbons (Fsp3) is 0.286. The Labute approximate surface area is 129 Å². The van der Waals surface area contributed by atoms with Gasteiger partial charge in [-0.05, 0) is 43.3 Å². The summed E-state index contributed by atoms with van der Waals surface area (Å²) >= 11 is 11.3. The first-order valence-corrected chi connectivity index (χ1v) is 7.22. The van der Waals surface area contributed by atoms with Crippen LogP contribution in [-0.2, 0) is 6.54 Å². The van der Waals surface area contributed by atoms with Gasteiger partial charge in [0.25, 0.3) is 0 Å². The maximum absolute atomic E-state index is 6.05. The molecule has 1 aromatic heterocycles. The lowest BCUT2D eigenvalue weighted by atomic mass is 10.3. The van der Waals surface area contributed by atoms with E-state index >= 15 is 0 Å². The minimum atomic E-state index is 0.578. The molecule has 0 saturated heterocycles. The van der Waals surface area contributed by atoms with E-state index < -0.39 is 0 Å². The molecule has 20 heavy (non-hydrogen) atoms. The second kappa shape index (κ2) is 7.26. The quantitative estimate of drug-likeness (QED) is 0.657. The molecule has 0 radical (unpaired) electrons. The third kappa shape index (κ3) is 4.51. The number of para-hydroxylation sites is 1. The molecule has 0 spiro atoms. The molecule has 0 bridgehead atoms. The molecule has 0 atom stereocenters. The Morgan fingerprint density at radius 1 is 1.40 bits per heavy atom. The van der Waals surface area contributed by atoms with Crippen molar-refractivity contribution in [1.82, 2.24) is 15.1 Å². The van der Waals surface area contributed by atoms with Gasteiger partial charge in [-0.2, -0.15) is 5.10 Å². The van der Waals surface area contributed by atoms with Crippen molar-refractivity contribution in [3.8, 4) is 0 Å². The van der Waals surface area contributed by atoms with E-state index in [1.165, 1.54) is 5.56 Å². The zero-order valence-corrected chi connectivity index (χ0v) is 12.8. The van der Waals surface area contributed by atoms with Gasteiger partial charge in [0.15, 0.2) is 5.11 Å². The van der Waals surface area contributed by atoms with Crippen LogP contribution < -0.4 is 10.6 Å². The number of nitrogens with one attached hydrogen (secondary N) is 2. The number of nitrogens with zero attached hydrogens (tertiary/aromatic N) is 2. The van der Waals surface area contributed by atoms with Gasteiger partial charge in [-0.15, -0.1) is 0 Å². The summed E-state index contributed by atoms with van der Waals surface area (Å²) in [4.78, 5) is 0. The molecule has 0 unspecified atom stereocenters. The number of thiocarbonyl (C=S) groups is 1. The number of hydrogen-bond donors (Lipinski definition) is 2. The molecule has 2 N–H and O–H groups in total. The van der Waals surface area contributed by atoms with Crippen LogP contribution in [0.5, 0.6) is 0 Å². The summed E-state index contributed by atoms with van der Waals surface area (Å²) in [5.74, 6) is 0. The van der Waals surface area contributed by atoms with Crippen LogP contribution in [0.25, 0.3) is 0 Å². The van der Waals surface area contributed by atoms with Gasteiger partial charge in [-0.1, -0.05) is 23.7 Å². The van der Waals surface area contributed by atoms with Crippen molar-refractivity contribution < 1.29 is 0 Å². The van der Waals surface area contributed by atoms with Crippen molar-refractivity contribution in [2.75, 3.05) is 11.9 Å². The summed E-state index contributed by atoms with van der Waals surface area (Å²) < 4.78 is 1.93. The summed E-state index contributed by atoms with van der Waals surface area (Å²) in [6.45, 7) is 3.69. The van der Waals surface area contributed by atoms with E-state index in [0.29, 0.717) is 10.1 Å². The van der Waals surface area contributed by atoms with Crippen LogP contribution in [0.15, 0.2) is 36.7 Å². The second-order valence-electron chi connectivity index (χ2n) is 4.50. The van der Waals surface area contributed by atoms with Crippen LogP contribution in [-0.4, -0.2) is 21.4 Å². The van der Waals surface area contributed by atoms with Gasteiger partial charge in [-0.3, -0.25) is 4.68 Å². The third-order valence-corrected chi connectivity index (χ3v) is 3.31. The largest absolute Gasteiger partial charge is 0.362 e. The Balaban J connectivity index is 1.69. The molecule has 0 amide bonds. The van der Waals surface area contributed by atoms with Gasteiger partial charge in [-0.25, -0.2) is 0 Å². The van der Waals surface area contributed by atoms with E-state index in [0.717, 1.165) is 25.2 Å². The number of aryl methyl sites for hydroxylation is 2. The lowest BCUT2D eigenvalue weighted by Gasteiger charge is -2.11. The van der Waals surface area contributed by atoms with E-state index in [-0.39, 0.29) is 0 Å². The highest BCUT2D eigenvalue weighted by atomic mass is 35.5. The first-order chi connectivity index (χ1) is 9.65. The van der Waals surface area contributed by atoms with Crippen molar-refractivity contribution in [2.24, 2.45) is 0 Å². The Hall–Kier alpha value is -1.59. The first-order valence-electron chi connectivity index (χ1n) is 6.43. The molecule has 2 rings (SSSR count). The summed E-state index contributed by atoms with van der Waals surface area (Å²) in [5, 5.41) is 11.7. The zero-order chi connectivity index (χ0) is 14.4. The predicted octanol–water partition coefficient (Wildman–Crippen LogP) is 3.22. The molecule has 0 aliphatic rings. The zero-order valence-electron chi connectivity index (χ0n) is 11.3. The average Bonchev–Trinajstić information content (AvgIpc) is 2.83. The smallest absolute Gasteiger partial charge is 0.170 e. The average molecular weight is 309 g/mol. The van der Waals surface area contributed by atoms with Gasteiger partial charge in [0.2, 0.25) is 0 Å². The summed E-state index contributed by atoms with van der Waals surface area (Å²) in [6.07, 6.45) is 4.84. The molecule has 106 valence electrons. The Morgan fingerprint density at radius 2 is 2.20 bits per heavy atom. The van der Waals surface area contributed by atoms with Crippen molar-refractivity contribution >= 4 is 34.6 Å². The van der Waals surface area contributed by atoms with E-state index in [9.17, 15) is 0 Å². The Bertz CT molecular complexity index is 582. The topological polar surface area (TPSA) is 41.9 Å². The summed E-state index contributed by atoms with van der Waals surface area (Å²) in [5.41, 5.74) is 1.99. The Morgan fingerprint density at radius 3 is 2.90 bits per heavy atom. The van der Waals surface area contributed by atoms with Crippen molar-refractivity contribution in [2.45, 2.75) is 19.9 Å². The third-order valence-electron chi connectivity index (χ3n) is 2.73. The SMILES string of the molecule is Cc1cnn(CCCNC(=S)Nc2ccccc2Cl)c1. The van der Waals surface area contributed by atoms with Crippen molar-refractivity contribution in [1.29, 1.82) is 0 Å². The molecule has 0 saturated carbocycles. The van der Waals surface area contributed by atoms with Crippen LogP contribution in [0, 0.1) is 6.92 Å². The van der Waals surface area contributed by atoms with Crippen LogP contribution in [0.4, 0.5) is 5.69 Å². The molecule has 0 fully saturated rings. The van der Waals surface area contributed by atoms with Crippen LogP contribution in [0.1, 0.15) is 12.0 Å². The highest BCUT2D eigenvalue weighted by Crippen LogP contribution is 2.19. The van der Waals surface area contributed by atoms with E-state index in [4.69, 9.17) is 23.8 Å². The lowest BCUT2D eigenvalue weighted by molar-refractivity contribution is 0.573. The molecule has 1 aromatic carbocycles. The van der Waals surface area contributed by atoms with Crippen LogP contribution in [0.3, 0.4) is 0 Å². The first kappa shape index (κ1) is 14.8.